The van der Waals surface area contributed by atoms with E-state index in [0.29, 0.717) is 22.3 Å². The number of rotatable bonds is 9. The zero-order valence-electron chi connectivity index (χ0n) is 23.3. The van der Waals surface area contributed by atoms with E-state index in [0.717, 1.165) is 0 Å². The summed E-state index contributed by atoms with van der Waals surface area (Å²) in [6.45, 7) is 5.43. The van der Waals surface area contributed by atoms with E-state index in [2.05, 4.69) is 16.9 Å². The number of anilines is 1. The molecule has 0 radical (unpaired) electrons. The quantitative estimate of drug-likeness (QED) is 0.282. The van der Waals surface area contributed by atoms with E-state index in [1.165, 1.54) is 16.8 Å². The van der Waals surface area contributed by atoms with Crippen LogP contribution in [0.15, 0.2) is 109 Å². The fourth-order valence-electron chi connectivity index (χ4n) is 4.70. The van der Waals surface area contributed by atoms with Gasteiger partial charge in [0.25, 0.3) is 5.91 Å². The van der Waals surface area contributed by atoms with Crippen molar-refractivity contribution in [3.8, 4) is 0 Å². The van der Waals surface area contributed by atoms with Crippen LogP contribution in [0.3, 0.4) is 0 Å². The maximum Gasteiger partial charge on any atom is 0.351 e. The number of aromatic nitrogens is 2. The van der Waals surface area contributed by atoms with Gasteiger partial charge in [-0.2, -0.15) is 4.98 Å². The van der Waals surface area contributed by atoms with Crippen molar-refractivity contribution < 1.29 is 28.6 Å². The summed E-state index contributed by atoms with van der Waals surface area (Å²) < 4.78 is 18.8. The Kier molecular flexibility index (Phi) is 8.88. The average Bonchev–Trinajstić information content (AvgIpc) is 3.35. The van der Waals surface area contributed by atoms with Crippen LogP contribution in [0.4, 0.5) is 5.82 Å². The molecule has 0 aliphatic carbocycles. The Labute approximate surface area is 247 Å². The van der Waals surface area contributed by atoms with Gasteiger partial charge < -0.3 is 19.5 Å². The molecule has 43 heavy (non-hydrogen) atoms. The molecule has 3 aromatic carbocycles. The second-order valence-electron chi connectivity index (χ2n) is 9.88. The highest BCUT2D eigenvalue weighted by Crippen LogP contribution is 2.36. The summed E-state index contributed by atoms with van der Waals surface area (Å²) in [4.78, 5) is 55.8. The number of esters is 2. The van der Waals surface area contributed by atoms with Gasteiger partial charge in [0.2, 0.25) is 0 Å². The highest BCUT2D eigenvalue weighted by atomic mass is 16.6. The number of nitrogens with one attached hydrogen (secondary N) is 1. The molecule has 1 amide bonds. The Morgan fingerprint density at radius 2 is 1.47 bits per heavy atom. The second-order valence-corrected chi connectivity index (χ2v) is 9.88. The van der Waals surface area contributed by atoms with Gasteiger partial charge in [0.1, 0.15) is 18.5 Å². The zero-order chi connectivity index (χ0) is 30.3. The third-order valence-corrected chi connectivity index (χ3v) is 7.08. The summed E-state index contributed by atoms with van der Waals surface area (Å²) in [5.41, 5.74) is 0.669. The lowest BCUT2D eigenvalue weighted by Gasteiger charge is -2.23. The van der Waals surface area contributed by atoms with Crippen LogP contribution in [0.2, 0.25) is 0 Å². The first-order chi connectivity index (χ1) is 20.9. The van der Waals surface area contributed by atoms with E-state index in [1.54, 1.807) is 97.9 Å². The van der Waals surface area contributed by atoms with Gasteiger partial charge in [-0.05, 0) is 36.4 Å². The smallest absolute Gasteiger partial charge is 0.351 e. The standard InChI is InChI=1S/C33H29N3O7/c1-3-22-19-36(33(40)35-28(22)34-29(37)23-13-7-4-8-14-23)30-27(43-32(39)25-17-11-6-12-18-25)21(2)26(42-30)20-41-31(38)24-15-9-5-10-16-24/h3-19,21,26-27,30H,1,20H2,2H3,(H,34,35,37,40)/t21?,26-,27+,30-/m1/s1. The minimum Gasteiger partial charge on any atom is -0.459 e. The normalized spacial score (nSPS) is 19.3. The van der Waals surface area contributed by atoms with Crippen molar-refractivity contribution >= 4 is 29.7 Å². The fraction of sp³-hybridized carbons (Fsp3) is 0.182. The number of hydrogen-bond acceptors (Lipinski definition) is 8. The lowest BCUT2D eigenvalue weighted by atomic mass is 10.0. The molecule has 0 saturated carbocycles. The summed E-state index contributed by atoms with van der Waals surface area (Å²) in [5.74, 6) is -2.07. The minimum absolute atomic E-state index is 0.0160. The molecular weight excluding hydrogens is 550 g/mol. The van der Waals surface area contributed by atoms with Gasteiger partial charge in [0, 0.05) is 23.2 Å². The Bertz CT molecular complexity index is 1670. The van der Waals surface area contributed by atoms with Gasteiger partial charge in [-0.3, -0.25) is 9.36 Å². The van der Waals surface area contributed by atoms with Gasteiger partial charge >= 0.3 is 17.6 Å². The number of benzene rings is 3. The van der Waals surface area contributed by atoms with E-state index >= 15 is 0 Å². The summed E-state index contributed by atoms with van der Waals surface area (Å²) in [6.07, 6.45) is 0.0900. The summed E-state index contributed by atoms with van der Waals surface area (Å²) in [6, 6.07) is 25.4. The van der Waals surface area contributed by atoms with Gasteiger partial charge in [0.05, 0.1) is 11.1 Å². The van der Waals surface area contributed by atoms with Gasteiger partial charge in [0.15, 0.2) is 12.3 Å². The van der Waals surface area contributed by atoms with Crippen molar-refractivity contribution in [2.75, 3.05) is 11.9 Å². The Morgan fingerprint density at radius 1 is 0.907 bits per heavy atom. The summed E-state index contributed by atoms with van der Waals surface area (Å²) >= 11 is 0. The van der Waals surface area contributed by atoms with Crippen LogP contribution < -0.4 is 11.0 Å². The van der Waals surface area contributed by atoms with E-state index in [9.17, 15) is 19.2 Å². The lowest BCUT2D eigenvalue weighted by Crippen LogP contribution is -2.36. The molecule has 218 valence electrons. The van der Waals surface area contributed by atoms with Crippen molar-refractivity contribution in [1.29, 1.82) is 0 Å². The topological polar surface area (TPSA) is 126 Å². The van der Waals surface area contributed by atoms with Crippen molar-refractivity contribution in [3.63, 3.8) is 0 Å². The van der Waals surface area contributed by atoms with Crippen molar-refractivity contribution in [1.82, 2.24) is 9.55 Å². The van der Waals surface area contributed by atoms with Crippen molar-refractivity contribution in [2.24, 2.45) is 5.92 Å². The predicted molar refractivity (Wildman–Crippen MR) is 158 cm³/mol. The van der Waals surface area contributed by atoms with E-state index in [1.807, 2.05) is 0 Å². The second kappa shape index (κ2) is 13.1. The van der Waals surface area contributed by atoms with Crippen LogP contribution >= 0.6 is 0 Å². The molecule has 0 bridgehead atoms. The molecule has 1 fully saturated rings. The maximum absolute atomic E-state index is 13.3. The first kappa shape index (κ1) is 29.2. The van der Waals surface area contributed by atoms with E-state index < -0.39 is 47.9 Å². The van der Waals surface area contributed by atoms with Gasteiger partial charge in [-0.25, -0.2) is 14.4 Å². The highest BCUT2D eigenvalue weighted by Gasteiger charge is 2.46. The fourth-order valence-corrected chi connectivity index (χ4v) is 4.70. The van der Waals surface area contributed by atoms with Gasteiger partial charge in [-0.1, -0.05) is 74.2 Å². The monoisotopic (exact) mass is 579 g/mol. The first-order valence-corrected chi connectivity index (χ1v) is 13.6. The molecule has 1 saturated heterocycles. The van der Waals surface area contributed by atoms with Crippen LogP contribution in [0, 0.1) is 5.92 Å². The van der Waals surface area contributed by atoms with Crippen molar-refractivity contribution in [3.05, 3.63) is 137 Å². The number of ether oxygens (including phenoxy) is 3. The number of carbonyl (C=O) groups excluding carboxylic acids is 3. The predicted octanol–water partition coefficient (Wildman–Crippen LogP) is 4.75. The number of carbonyl (C=O) groups is 3. The molecule has 1 aromatic heterocycles. The average molecular weight is 580 g/mol. The summed E-state index contributed by atoms with van der Waals surface area (Å²) in [5, 5.41) is 2.65. The molecule has 4 atom stereocenters. The molecule has 2 heterocycles. The van der Waals surface area contributed by atoms with E-state index in [-0.39, 0.29) is 12.4 Å². The zero-order valence-corrected chi connectivity index (χ0v) is 23.3. The Balaban J connectivity index is 1.42. The SMILES string of the molecule is C=Cc1cn([C@@H]2O[C@H](COC(=O)c3ccccc3)C(C)[C@@H]2OC(=O)c2ccccc2)c(=O)nc1NC(=O)c1ccccc1. The third kappa shape index (κ3) is 6.60. The number of amides is 1. The van der Waals surface area contributed by atoms with Crippen LogP contribution in [-0.4, -0.2) is 46.2 Å². The third-order valence-electron chi connectivity index (χ3n) is 7.08. The number of nitrogens with zero attached hydrogens (tertiary/aromatic N) is 2. The van der Waals surface area contributed by atoms with Crippen LogP contribution in [0.25, 0.3) is 6.08 Å². The van der Waals surface area contributed by atoms with Crippen molar-refractivity contribution in [2.45, 2.75) is 25.4 Å². The molecule has 10 nitrogen and oxygen atoms in total. The molecule has 1 aliphatic heterocycles. The Hall–Kier alpha value is -5.35. The molecule has 1 aliphatic rings. The van der Waals surface area contributed by atoms with Gasteiger partial charge in [-0.15, -0.1) is 0 Å². The maximum atomic E-state index is 13.3. The number of hydrogen-bond donors (Lipinski definition) is 1. The van der Waals surface area contributed by atoms with E-state index in [4.69, 9.17) is 14.2 Å². The summed E-state index contributed by atoms with van der Waals surface area (Å²) in [7, 11) is 0. The molecular formula is C33H29N3O7. The molecule has 1 N–H and O–H groups in total. The van der Waals surface area contributed by atoms with Crippen LogP contribution in [-0.2, 0) is 14.2 Å². The minimum atomic E-state index is -1.11. The first-order valence-electron chi connectivity index (χ1n) is 13.6. The molecule has 10 heteroatoms. The molecule has 1 unspecified atom stereocenters. The Morgan fingerprint density at radius 3 is 2.05 bits per heavy atom. The highest BCUT2D eigenvalue weighted by molar-refractivity contribution is 6.04. The van der Waals surface area contributed by atoms with Crippen LogP contribution in [0.1, 0.15) is 49.8 Å². The molecule has 0 spiro atoms. The largest absolute Gasteiger partial charge is 0.459 e. The molecule has 5 rings (SSSR count). The molecule has 4 aromatic rings. The lowest BCUT2D eigenvalue weighted by molar-refractivity contribution is -0.0631. The van der Waals surface area contributed by atoms with Crippen LogP contribution in [0.5, 0.6) is 0 Å².